The van der Waals surface area contributed by atoms with Gasteiger partial charge in [-0.25, -0.2) is 0 Å². The molecular formula is C14H31N3. The van der Waals surface area contributed by atoms with Crippen LogP contribution in [0.1, 0.15) is 39.5 Å². The molecular weight excluding hydrogens is 210 g/mol. The molecule has 0 unspecified atom stereocenters. The Morgan fingerprint density at radius 3 is 2.47 bits per heavy atom. The Kier molecular flexibility index (Phi) is 7.82. The summed E-state index contributed by atoms with van der Waals surface area (Å²) in [7, 11) is 2.30. The zero-order valence-corrected chi connectivity index (χ0v) is 12.0. The highest BCUT2D eigenvalue weighted by Crippen LogP contribution is 2.14. The van der Waals surface area contributed by atoms with Crippen molar-refractivity contribution >= 4 is 0 Å². The van der Waals surface area contributed by atoms with Crippen LogP contribution in [0.4, 0.5) is 0 Å². The summed E-state index contributed by atoms with van der Waals surface area (Å²) in [6, 6.07) is 0.823. The first kappa shape index (κ1) is 14.9. The molecule has 17 heavy (non-hydrogen) atoms. The van der Waals surface area contributed by atoms with Crippen molar-refractivity contribution in [2.45, 2.75) is 45.6 Å². The lowest BCUT2D eigenvalue weighted by Gasteiger charge is -2.36. The Bertz CT molecular complexity index is 176. The molecule has 0 saturated carbocycles. The van der Waals surface area contributed by atoms with Gasteiger partial charge in [0, 0.05) is 6.04 Å². The van der Waals surface area contributed by atoms with E-state index in [1.54, 1.807) is 0 Å². The number of rotatable bonds is 8. The molecule has 1 saturated heterocycles. The zero-order chi connectivity index (χ0) is 12.5. The molecule has 0 atom stereocenters. The summed E-state index contributed by atoms with van der Waals surface area (Å²) in [4.78, 5) is 5.13. The standard InChI is InChI=1S/C14H31N3/c1-4-9-15-10-6-11-16(3)14-7-12-17(5-2)13-8-14/h14-15H,4-13H2,1-3H3. The summed E-state index contributed by atoms with van der Waals surface area (Å²) in [5, 5.41) is 3.47. The van der Waals surface area contributed by atoms with Crippen LogP contribution in [0.25, 0.3) is 0 Å². The fourth-order valence-electron chi connectivity index (χ4n) is 2.61. The Hall–Kier alpha value is -0.120. The van der Waals surface area contributed by atoms with Crippen LogP contribution in [0.5, 0.6) is 0 Å². The van der Waals surface area contributed by atoms with Gasteiger partial charge in [-0.3, -0.25) is 0 Å². The van der Waals surface area contributed by atoms with E-state index in [4.69, 9.17) is 0 Å². The van der Waals surface area contributed by atoms with E-state index in [1.165, 1.54) is 65.0 Å². The van der Waals surface area contributed by atoms with Crippen LogP contribution in [0, 0.1) is 0 Å². The Labute approximate surface area is 108 Å². The molecule has 1 aliphatic heterocycles. The number of hydrogen-bond donors (Lipinski definition) is 1. The zero-order valence-electron chi connectivity index (χ0n) is 12.0. The van der Waals surface area contributed by atoms with E-state index in [2.05, 4.69) is 36.0 Å². The SMILES string of the molecule is CCCNCCCN(C)C1CCN(CC)CC1. The minimum atomic E-state index is 0.823. The normalized spacial score (nSPS) is 19.1. The summed E-state index contributed by atoms with van der Waals surface area (Å²) in [5.41, 5.74) is 0. The Balaban J connectivity index is 2.05. The number of nitrogens with zero attached hydrogens (tertiary/aromatic N) is 2. The van der Waals surface area contributed by atoms with Gasteiger partial charge in [0.1, 0.15) is 0 Å². The third-order valence-electron chi connectivity index (χ3n) is 3.92. The first-order valence-electron chi connectivity index (χ1n) is 7.41. The van der Waals surface area contributed by atoms with Gasteiger partial charge in [0.05, 0.1) is 0 Å². The lowest BCUT2D eigenvalue weighted by Crippen LogP contribution is -2.43. The highest BCUT2D eigenvalue weighted by molar-refractivity contribution is 4.77. The summed E-state index contributed by atoms with van der Waals surface area (Å²) in [5.74, 6) is 0. The van der Waals surface area contributed by atoms with Crippen molar-refractivity contribution in [3.63, 3.8) is 0 Å². The number of piperidine rings is 1. The highest BCUT2D eigenvalue weighted by Gasteiger charge is 2.20. The van der Waals surface area contributed by atoms with Crippen molar-refractivity contribution < 1.29 is 0 Å². The predicted molar refractivity (Wildman–Crippen MR) is 75.5 cm³/mol. The van der Waals surface area contributed by atoms with Crippen molar-refractivity contribution in [2.24, 2.45) is 0 Å². The van der Waals surface area contributed by atoms with Crippen LogP contribution < -0.4 is 5.32 Å². The van der Waals surface area contributed by atoms with Crippen LogP contribution >= 0.6 is 0 Å². The number of nitrogens with one attached hydrogen (secondary N) is 1. The van der Waals surface area contributed by atoms with Gasteiger partial charge in [-0.2, -0.15) is 0 Å². The molecule has 1 rings (SSSR count). The summed E-state index contributed by atoms with van der Waals surface area (Å²) in [6.07, 6.45) is 5.23. The molecule has 1 N–H and O–H groups in total. The summed E-state index contributed by atoms with van der Waals surface area (Å²) >= 11 is 0. The van der Waals surface area contributed by atoms with Crippen molar-refractivity contribution in [2.75, 3.05) is 46.3 Å². The van der Waals surface area contributed by atoms with E-state index in [0.717, 1.165) is 6.04 Å². The quantitative estimate of drug-likeness (QED) is 0.654. The van der Waals surface area contributed by atoms with Gasteiger partial charge < -0.3 is 15.1 Å². The van der Waals surface area contributed by atoms with Crippen molar-refractivity contribution in [3.8, 4) is 0 Å². The second-order valence-corrected chi connectivity index (χ2v) is 5.25. The van der Waals surface area contributed by atoms with Gasteiger partial charge in [-0.1, -0.05) is 13.8 Å². The predicted octanol–water partition coefficient (Wildman–Crippen LogP) is 1.79. The molecule has 1 heterocycles. The maximum atomic E-state index is 3.47. The number of likely N-dealkylation sites (tertiary alicyclic amines) is 1. The van der Waals surface area contributed by atoms with Crippen LogP contribution in [-0.4, -0.2) is 62.2 Å². The molecule has 0 radical (unpaired) electrons. The summed E-state index contributed by atoms with van der Waals surface area (Å²) < 4.78 is 0. The van der Waals surface area contributed by atoms with Crippen LogP contribution in [0.2, 0.25) is 0 Å². The molecule has 3 nitrogen and oxygen atoms in total. The lowest BCUT2D eigenvalue weighted by atomic mass is 10.0. The third-order valence-corrected chi connectivity index (χ3v) is 3.92. The van der Waals surface area contributed by atoms with Crippen molar-refractivity contribution in [1.29, 1.82) is 0 Å². The van der Waals surface area contributed by atoms with Crippen molar-refractivity contribution in [3.05, 3.63) is 0 Å². The minimum Gasteiger partial charge on any atom is -0.317 e. The first-order valence-corrected chi connectivity index (χ1v) is 7.41. The van der Waals surface area contributed by atoms with Gasteiger partial charge in [0.15, 0.2) is 0 Å². The van der Waals surface area contributed by atoms with Crippen LogP contribution in [0.15, 0.2) is 0 Å². The maximum absolute atomic E-state index is 3.47. The van der Waals surface area contributed by atoms with Crippen LogP contribution in [-0.2, 0) is 0 Å². The molecule has 1 fully saturated rings. The minimum absolute atomic E-state index is 0.823. The van der Waals surface area contributed by atoms with Gasteiger partial charge in [-0.15, -0.1) is 0 Å². The summed E-state index contributed by atoms with van der Waals surface area (Å²) in [6.45, 7) is 11.9. The smallest absolute Gasteiger partial charge is 0.0117 e. The highest BCUT2D eigenvalue weighted by atomic mass is 15.2. The molecule has 3 heteroatoms. The van der Waals surface area contributed by atoms with E-state index in [-0.39, 0.29) is 0 Å². The van der Waals surface area contributed by atoms with Crippen LogP contribution in [0.3, 0.4) is 0 Å². The third kappa shape index (κ3) is 5.84. The largest absolute Gasteiger partial charge is 0.317 e. The molecule has 1 aliphatic rings. The van der Waals surface area contributed by atoms with Gasteiger partial charge in [0.25, 0.3) is 0 Å². The van der Waals surface area contributed by atoms with Gasteiger partial charge >= 0.3 is 0 Å². The van der Waals surface area contributed by atoms with E-state index in [0.29, 0.717) is 0 Å². The van der Waals surface area contributed by atoms with E-state index in [1.807, 2.05) is 0 Å². The Morgan fingerprint density at radius 1 is 1.18 bits per heavy atom. The van der Waals surface area contributed by atoms with Crippen molar-refractivity contribution in [1.82, 2.24) is 15.1 Å². The van der Waals surface area contributed by atoms with Gasteiger partial charge in [0.2, 0.25) is 0 Å². The van der Waals surface area contributed by atoms with E-state index >= 15 is 0 Å². The molecule has 0 aromatic heterocycles. The average molecular weight is 241 g/mol. The van der Waals surface area contributed by atoms with E-state index < -0.39 is 0 Å². The molecule has 0 spiro atoms. The molecule has 0 aromatic carbocycles. The monoisotopic (exact) mass is 241 g/mol. The molecule has 102 valence electrons. The molecule has 0 aliphatic carbocycles. The average Bonchev–Trinajstić information content (AvgIpc) is 2.38. The fourth-order valence-corrected chi connectivity index (χ4v) is 2.61. The molecule has 0 aromatic rings. The van der Waals surface area contributed by atoms with E-state index in [9.17, 15) is 0 Å². The maximum Gasteiger partial charge on any atom is 0.0117 e. The topological polar surface area (TPSA) is 18.5 Å². The first-order chi connectivity index (χ1) is 8.27. The van der Waals surface area contributed by atoms with Gasteiger partial charge in [-0.05, 0) is 72.0 Å². The molecule has 0 bridgehead atoms. The fraction of sp³-hybridized carbons (Fsp3) is 1.00. The Morgan fingerprint density at radius 2 is 1.88 bits per heavy atom. The second kappa shape index (κ2) is 8.90. The number of hydrogen-bond acceptors (Lipinski definition) is 3. The second-order valence-electron chi connectivity index (χ2n) is 5.25. The lowest BCUT2D eigenvalue weighted by molar-refractivity contribution is 0.131. The molecule has 0 amide bonds.